The Balaban J connectivity index is 1.69. The van der Waals surface area contributed by atoms with E-state index in [0.717, 1.165) is 36.1 Å². The predicted octanol–water partition coefficient (Wildman–Crippen LogP) is 5.76. The molecule has 0 saturated heterocycles. The summed E-state index contributed by atoms with van der Waals surface area (Å²) in [7, 11) is -2.88. The molecule has 1 aliphatic carbocycles. The number of hydrogen-bond donors (Lipinski definition) is 1. The van der Waals surface area contributed by atoms with Crippen LogP contribution in [0.5, 0.6) is 5.75 Å². The zero-order valence-electron chi connectivity index (χ0n) is 19.8. The number of aryl methyl sites for hydroxylation is 1. The quantitative estimate of drug-likeness (QED) is 0.404. The number of methoxy groups -OCH3 is 1. The Morgan fingerprint density at radius 1 is 1.11 bits per heavy atom. The number of alkyl halides is 3. The smallest absolute Gasteiger partial charge is 0.416 e. The van der Waals surface area contributed by atoms with Crippen molar-refractivity contribution in [2.45, 2.75) is 36.4 Å². The molecule has 0 aliphatic heterocycles. The number of nitrogens with zero attached hydrogens (tertiary/aromatic N) is 1. The first-order valence-electron chi connectivity index (χ1n) is 11.4. The van der Waals surface area contributed by atoms with Crippen molar-refractivity contribution in [2.75, 3.05) is 18.0 Å². The molecular formula is C26H24ClF3N2O4S. The van der Waals surface area contributed by atoms with Gasteiger partial charge in [0.2, 0.25) is 5.91 Å². The summed E-state index contributed by atoms with van der Waals surface area (Å²) in [5.41, 5.74) is 0.362. The average Bonchev–Trinajstić information content (AvgIpc) is 2.87. The summed E-state index contributed by atoms with van der Waals surface area (Å²) in [5.74, 6) is 0.00620. The Bertz CT molecular complexity index is 1400. The summed E-state index contributed by atoms with van der Waals surface area (Å²) in [5, 5.41) is 2.61. The number of benzene rings is 3. The molecule has 0 bridgehead atoms. The Labute approximate surface area is 218 Å². The molecule has 0 aromatic heterocycles. The van der Waals surface area contributed by atoms with Gasteiger partial charge >= 0.3 is 6.18 Å². The molecule has 0 radical (unpaired) electrons. The lowest BCUT2D eigenvalue weighted by Crippen LogP contribution is -2.42. The van der Waals surface area contributed by atoms with Crippen LogP contribution < -0.4 is 14.4 Å². The second kappa shape index (κ2) is 10.6. The van der Waals surface area contributed by atoms with E-state index >= 15 is 0 Å². The number of anilines is 1. The first-order chi connectivity index (χ1) is 17.5. The molecule has 1 aliphatic rings. The van der Waals surface area contributed by atoms with Crippen molar-refractivity contribution in [2.24, 2.45) is 0 Å². The molecule has 0 saturated carbocycles. The fourth-order valence-electron chi connectivity index (χ4n) is 4.34. The molecule has 3 aromatic carbocycles. The highest BCUT2D eigenvalue weighted by Gasteiger charge is 2.35. The number of hydrogen-bond acceptors (Lipinski definition) is 4. The second-order valence-electron chi connectivity index (χ2n) is 8.57. The van der Waals surface area contributed by atoms with E-state index < -0.39 is 39.9 Å². The number of ether oxygens (including phenoxy) is 1. The number of rotatable bonds is 7. The minimum atomic E-state index is -4.74. The van der Waals surface area contributed by atoms with Gasteiger partial charge in [-0.2, -0.15) is 13.2 Å². The highest BCUT2D eigenvalue weighted by atomic mass is 35.5. The number of carbonyl (C=O) groups is 1. The van der Waals surface area contributed by atoms with Crippen molar-refractivity contribution in [3.8, 4) is 5.75 Å². The van der Waals surface area contributed by atoms with Gasteiger partial charge in [0.05, 0.1) is 34.3 Å². The molecule has 6 nitrogen and oxygen atoms in total. The summed E-state index contributed by atoms with van der Waals surface area (Å²) in [6, 6.07) is 14.6. The van der Waals surface area contributed by atoms with Crippen LogP contribution in [0, 0.1) is 0 Å². The topological polar surface area (TPSA) is 75.7 Å². The van der Waals surface area contributed by atoms with Gasteiger partial charge in [-0.15, -0.1) is 0 Å². The van der Waals surface area contributed by atoms with Gasteiger partial charge in [0.15, 0.2) is 0 Å². The van der Waals surface area contributed by atoms with E-state index in [9.17, 15) is 26.4 Å². The molecule has 3 aromatic rings. The van der Waals surface area contributed by atoms with Gasteiger partial charge in [-0.05, 0) is 72.9 Å². The maximum atomic E-state index is 13.5. The Morgan fingerprint density at radius 3 is 2.51 bits per heavy atom. The van der Waals surface area contributed by atoms with Crippen LogP contribution in [-0.2, 0) is 27.4 Å². The molecule has 11 heteroatoms. The van der Waals surface area contributed by atoms with Crippen LogP contribution in [0.15, 0.2) is 71.6 Å². The highest BCUT2D eigenvalue weighted by Crippen LogP contribution is 2.38. The molecule has 196 valence electrons. The lowest BCUT2D eigenvalue weighted by Gasteiger charge is -2.29. The van der Waals surface area contributed by atoms with E-state index in [2.05, 4.69) is 5.32 Å². The molecule has 1 amide bonds. The number of carbonyl (C=O) groups excluding carboxylic acids is 1. The molecule has 1 unspecified atom stereocenters. The van der Waals surface area contributed by atoms with Crippen LogP contribution in [0.4, 0.5) is 18.9 Å². The van der Waals surface area contributed by atoms with Crippen molar-refractivity contribution in [1.29, 1.82) is 0 Å². The van der Waals surface area contributed by atoms with E-state index in [1.54, 1.807) is 19.2 Å². The Hall–Kier alpha value is -3.24. The fraction of sp³-hybridized carbons (Fsp3) is 0.269. The number of halogens is 4. The first-order valence-corrected chi connectivity index (χ1v) is 13.2. The van der Waals surface area contributed by atoms with Gasteiger partial charge in [0.25, 0.3) is 10.0 Å². The monoisotopic (exact) mass is 552 g/mol. The lowest BCUT2D eigenvalue weighted by atomic mass is 9.87. The minimum absolute atomic E-state index is 0.189. The van der Waals surface area contributed by atoms with Crippen LogP contribution in [-0.4, -0.2) is 28.0 Å². The SMILES string of the molecule is COc1ccc2c(c1)CCCC2NC(=O)CN(c1cc(C(F)(F)F)ccc1Cl)S(=O)(=O)c1ccccc1. The molecule has 0 spiro atoms. The highest BCUT2D eigenvalue weighted by molar-refractivity contribution is 7.92. The maximum absolute atomic E-state index is 13.5. The zero-order chi connectivity index (χ0) is 26.8. The van der Waals surface area contributed by atoms with Crippen LogP contribution in [0.3, 0.4) is 0 Å². The first kappa shape index (κ1) is 26.8. The van der Waals surface area contributed by atoms with E-state index in [1.807, 2.05) is 12.1 Å². The third-order valence-electron chi connectivity index (χ3n) is 6.16. The summed E-state index contributed by atoms with van der Waals surface area (Å²) in [6.45, 7) is -0.764. The third-order valence-corrected chi connectivity index (χ3v) is 8.25. The van der Waals surface area contributed by atoms with Crippen molar-refractivity contribution in [3.63, 3.8) is 0 Å². The van der Waals surface area contributed by atoms with E-state index in [4.69, 9.17) is 16.3 Å². The van der Waals surface area contributed by atoms with Crippen LogP contribution in [0.2, 0.25) is 5.02 Å². The Morgan fingerprint density at radius 2 is 1.84 bits per heavy atom. The summed E-state index contributed by atoms with van der Waals surface area (Å²) < 4.78 is 73.3. The van der Waals surface area contributed by atoms with E-state index in [1.165, 1.54) is 24.3 Å². The standard InChI is InChI=1S/C26H24ClF3N2O4S/c1-36-19-11-12-21-17(14-19)6-5-9-23(21)31-25(33)16-32(37(34,35)20-7-3-2-4-8-20)24-15-18(26(28,29)30)10-13-22(24)27/h2-4,7-8,10-15,23H,5-6,9,16H2,1H3,(H,31,33). The molecule has 4 rings (SSSR count). The predicted molar refractivity (Wildman–Crippen MR) is 134 cm³/mol. The van der Waals surface area contributed by atoms with Crippen molar-refractivity contribution < 1.29 is 31.1 Å². The molecule has 0 heterocycles. The van der Waals surface area contributed by atoms with Gasteiger partial charge in [-0.3, -0.25) is 9.10 Å². The Kier molecular flexibility index (Phi) is 7.70. The number of nitrogens with one attached hydrogen (secondary N) is 1. The van der Waals surface area contributed by atoms with Crippen molar-refractivity contribution in [3.05, 3.63) is 88.4 Å². The minimum Gasteiger partial charge on any atom is -0.497 e. The van der Waals surface area contributed by atoms with Crippen molar-refractivity contribution >= 4 is 33.2 Å². The second-order valence-corrected chi connectivity index (χ2v) is 10.8. The molecule has 37 heavy (non-hydrogen) atoms. The summed E-state index contributed by atoms with van der Waals surface area (Å²) in [6.07, 6.45) is -2.53. The van der Waals surface area contributed by atoms with Gasteiger partial charge in [-0.25, -0.2) is 8.42 Å². The number of sulfonamides is 1. The largest absolute Gasteiger partial charge is 0.497 e. The van der Waals surface area contributed by atoms with Gasteiger partial charge in [0.1, 0.15) is 12.3 Å². The van der Waals surface area contributed by atoms with E-state index in [0.29, 0.717) is 22.5 Å². The molecule has 1 atom stereocenters. The molecule has 1 N–H and O–H groups in total. The lowest BCUT2D eigenvalue weighted by molar-refractivity contribution is -0.137. The summed E-state index contributed by atoms with van der Waals surface area (Å²) in [4.78, 5) is 13.0. The normalized spacial score (nSPS) is 15.5. The number of fused-ring (bicyclic) bond motifs is 1. The number of amides is 1. The van der Waals surface area contributed by atoms with Gasteiger partial charge in [-0.1, -0.05) is 35.9 Å². The van der Waals surface area contributed by atoms with Crippen LogP contribution >= 0.6 is 11.6 Å². The van der Waals surface area contributed by atoms with Gasteiger partial charge < -0.3 is 10.1 Å². The third kappa shape index (κ3) is 5.86. The van der Waals surface area contributed by atoms with Crippen LogP contribution in [0.1, 0.15) is 35.6 Å². The average molecular weight is 553 g/mol. The van der Waals surface area contributed by atoms with Crippen molar-refractivity contribution in [1.82, 2.24) is 5.32 Å². The van der Waals surface area contributed by atoms with E-state index in [-0.39, 0.29) is 16.0 Å². The maximum Gasteiger partial charge on any atom is 0.416 e. The zero-order valence-corrected chi connectivity index (χ0v) is 21.3. The molecule has 0 fully saturated rings. The van der Waals surface area contributed by atoms with Crippen LogP contribution in [0.25, 0.3) is 0 Å². The van der Waals surface area contributed by atoms with Gasteiger partial charge in [0, 0.05) is 0 Å². The summed E-state index contributed by atoms with van der Waals surface area (Å²) >= 11 is 6.19. The molecular weight excluding hydrogens is 529 g/mol. The fourth-order valence-corrected chi connectivity index (χ4v) is 6.06.